The molecule has 0 saturated heterocycles. The van der Waals surface area contributed by atoms with Crippen LogP contribution < -0.4 is 5.73 Å². The van der Waals surface area contributed by atoms with E-state index < -0.39 is 0 Å². The molecule has 0 spiro atoms. The van der Waals surface area contributed by atoms with Crippen LogP contribution in [0.15, 0.2) is 34.1 Å². The van der Waals surface area contributed by atoms with E-state index in [1.165, 1.54) is 11.1 Å². The zero-order chi connectivity index (χ0) is 10.5. The minimum atomic E-state index is 0.590. The first-order chi connectivity index (χ1) is 7.40. The van der Waals surface area contributed by atoms with Crippen LogP contribution in [0.5, 0.6) is 0 Å². The number of thioether (sulfide) groups is 1. The molecule has 0 aliphatic rings. The van der Waals surface area contributed by atoms with Crippen molar-refractivity contribution in [1.82, 2.24) is 10.2 Å². The van der Waals surface area contributed by atoms with E-state index in [4.69, 9.17) is 5.73 Å². The number of hydrogen-bond acceptors (Lipinski definition) is 5. The number of rotatable bonds is 4. The third kappa shape index (κ3) is 2.77. The molecule has 0 unspecified atom stereocenters. The van der Waals surface area contributed by atoms with Gasteiger partial charge in [-0.2, -0.15) is 0 Å². The summed E-state index contributed by atoms with van der Waals surface area (Å²) in [5.74, 6) is 0.905. The van der Waals surface area contributed by atoms with E-state index in [2.05, 4.69) is 22.3 Å². The molecule has 5 heteroatoms. The molecule has 0 atom stereocenters. The summed E-state index contributed by atoms with van der Waals surface area (Å²) >= 11 is 3.26. The van der Waals surface area contributed by atoms with E-state index in [-0.39, 0.29) is 0 Å². The first kappa shape index (κ1) is 10.6. The lowest BCUT2D eigenvalue weighted by Gasteiger charge is -2.05. The van der Waals surface area contributed by atoms with Crippen LogP contribution in [-0.2, 0) is 12.3 Å². The fourth-order valence-corrected chi connectivity index (χ4v) is 2.79. The summed E-state index contributed by atoms with van der Waals surface area (Å²) in [4.78, 5) is 0. The van der Waals surface area contributed by atoms with Crippen LogP contribution in [0.2, 0.25) is 0 Å². The number of benzene rings is 1. The second-order valence-electron chi connectivity index (χ2n) is 2.97. The molecule has 2 aromatic rings. The fourth-order valence-electron chi connectivity index (χ4n) is 1.26. The molecule has 0 saturated carbocycles. The largest absolute Gasteiger partial charge is 0.326 e. The minimum Gasteiger partial charge on any atom is -0.326 e. The molecular weight excluding hydrogens is 226 g/mol. The molecule has 15 heavy (non-hydrogen) atoms. The molecule has 0 aliphatic carbocycles. The summed E-state index contributed by atoms with van der Waals surface area (Å²) < 4.78 is 1.00. The minimum absolute atomic E-state index is 0.590. The zero-order valence-electron chi connectivity index (χ0n) is 8.09. The van der Waals surface area contributed by atoms with Gasteiger partial charge >= 0.3 is 0 Å². The van der Waals surface area contributed by atoms with E-state index in [0.29, 0.717) is 6.54 Å². The third-order valence-corrected chi connectivity index (χ3v) is 3.94. The fraction of sp³-hybridized carbons (Fsp3) is 0.200. The van der Waals surface area contributed by atoms with Gasteiger partial charge in [0.15, 0.2) is 4.34 Å². The van der Waals surface area contributed by atoms with Gasteiger partial charge in [-0.25, -0.2) is 0 Å². The van der Waals surface area contributed by atoms with Gasteiger partial charge in [-0.3, -0.25) is 0 Å². The van der Waals surface area contributed by atoms with Crippen LogP contribution in [0.1, 0.15) is 11.1 Å². The number of hydrogen-bond donors (Lipinski definition) is 1. The van der Waals surface area contributed by atoms with Crippen molar-refractivity contribution in [2.45, 2.75) is 16.6 Å². The molecule has 1 aromatic carbocycles. The maximum atomic E-state index is 5.66. The highest BCUT2D eigenvalue weighted by Crippen LogP contribution is 2.24. The molecular formula is C10H11N3S2. The second kappa shape index (κ2) is 5.25. The molecule has 0 fully saturated rings. The summed E-state index contributed by atoms with van der Waals surface area (Å²) in [5.41, 5.74) is 9.89. The monoisotopic (exact) mass is 237 g/mol. The highest BCUT2D eigenvalue weighted by molar-refractivity contribution is 8.00. The second-order valence-corrected chi connectivity index (χ2v) is 5.02. The summed E-state index contributed by atoms with van der Waals surface area (Å²) in [5, 5.41) is 7.79. The van der Waals surface area contributed by atoms with Gasteiger partial charge in [-0.05, 0) is 11.1 Å². The molecule has 0 aliphatic heterocycles. The summed E-state index contributed by atoms with van der Waals surface area (Å²) in [6, 6.07) is 8.22. The van der Waals surface area contributed by atoms with Crippen LogP contribution in [-0.4, -0.2) is 10.2 Å². The molecule has 78 valence electrons. The predicted molar refractivity (Wildman–Crippen MR) is 63.8 cm³/mol. The van der Waals surface area contributed by atoms with Crippen LogP contribution in [0.4, 0.5) is 0 Å². The molecule has 2 rings (SSSR count). The molecule has 0 amide bonds. The van der Waals surface area contributed by atoms with Gasteiger partial charge in [-0.1, -0.05) is 47.4 Å². The first-order valence-electron chi connectivity index (χ1n) is 4.56. The van der Waals surface area contributed by atoms with Crippen LogP contribution in [0, 0.1) is 0 Å². The maximum absolute atomic E-state index is 5.66. The van der Waals surface area contributed by atoms with Gasteiger partial charge in [0.2, 0.25) is 0 Å². The summed E-state index contributed by atoms with van der Waals surface area (Å²) in [6.07, 6.45) is 0. The molecule has 0 bridgehead atoms. The van der Waals surface area contributed by atoms with E-state index >= 15 is 0 Å². The Morgan fingerprint density at radius 3 is 2.73 bits per heavy atom. The quantitative estimate of drug-likeness (QED) is 0.829. The molecule has 1 heterocycles. The van der Waals surface area contributed by atoms with Crippen LogP contribution >= 0.6 is 23.1 Å². The summed E-state index contributed by atoms with van der Waals surface area (Å²) in [6.45, 7) is 0.590. The zero-order valence-corrected chi connectivity index (χ0v) is 9.72. The lowest BCUT2D eigenvalue weighted by atomic mass is 10.1. The van der Waals surface area contributed by atoms with Crippen LogP contribution in [0.3, 0.4) is 0 Å². The van der Waals surface area contributed by atoms with E-state index in [0.717, 1.165) is 10.1 Å². The van der Waals surface area contributed by atoms with Crippen molar-refractivity contribution in [2.75, 3.05) is 0 Å². The number of nitrogens with zero attached hydrogens (tertiary/aromatic N) is 2. The summed E-state index contributed by atoms with van der Waals surface area (Å²) in [7, 11) is 0. The highest BCUT2D eigenvalue weighted by atomic mass is 32.2. The Labute approximate surface area is 96.7 Å². The average Bonchev–Trinajstić information content (AvgIpc) is 2.79. The van der Waals surface area contributed by atoms with Gasteiger partial charge in [0.05, 0.1) is 0 Å². The van der Waals surface area contributed by atoms with Crippen molar-refractivity contribution in [2.24, 2.45) is 5.73 Å². The van der Waals surface area contributed by atoms with Crippen molar-refractivity contribution in [3.63, 3.8) is 0 Å². The van der Waals surface area contributed by atoms with Crippen molar-refractivity contribution >= 4 is 23.1 Å². The van der Waals surface area contributed by atoms with Gasteiger partial charge in [-0.15, -0.1) is 10.2 Å². The van der Waals surface area contributed by atoms with E-state index in [1.807, 2.05) is 12.1 Å². The first-order valence-corrected chi connectivity index (χ1v) is 6.42. The predicted octanol–water partition coefficient (Wildman–Crippen LogP) is 2.29. The van der Waals surface area contributed by atoms with Gasteiger partial charge in [0.25, 0.3) is 0 Å². The molecule has 2 N–H and O–H groups in total. The standard InChI is InChI=1S/C10H11N3S2/c11-5-8-3-1-2-4-9(8)6-14-10-13-12-7-15-10/h1-4,7H,5-6,11H2. The Hall–Kier alpha value is -0.910. The number of aromatic nitrogens is 2. The van der Waals surface area contributed by atoms with Gasteiger partial charge in [0, 0.05) is 12.3 Å². The Kier molecular flexibility index (Phi) is 3.71. The van der Waals surface area contributed by atoms with E-state index in [1.54, 1.807) is 28.6 Å². The van der Waals surface area contributed by atoms with Crippen molar-refractivity contribution in [3.05, 3.63) is 40.9 Å². The third-order valence-electron chi connectivity index (χ3n) is 2.03. The van der Waals surface area contributed by atoms with Gasteiger partial charge < -0.3 is 5.73 Å². The van der Waals surface area contributed by atoms with Crippen molar-refractivity contribution in [3.8, 4) is 0 Å². The smallest absolute Gasteiger partial charge is 0.174 e. The lowest BCUT2D eigenvalue weighted by molar-refractivity contribution is 1.01. The molecule has 1 aromatic heterocycles. The molecule has 3 nitrogen and oxygen atoms in total. The van der Waals surface area contributed by atoms with Crippen LogP contribution in [0.25, 0.3) is 0 Å². The average molecular weight is 237 g/mol. The van der Waals surface area contributed by atoms with Crippen molar-refractivity contribution < 1.29 is 0 Å². The number of nitrogens with two attached hydrogens (primary N) is 1. The maximum Gasteiger partial charge on any atom is 0.174 e. The topological polar surface area (TPSA) is 51.8 Å². The Bertz CT molecular complexity index is 414. The van der Waals surface area contributed by atoms with Gasteiger partial charge in [0.1, 0.15) is 5.51 Å². The molecule has 0 radical (unpaired) electrons. The van der Waals surface area contributed by atoms with Crippen molar-refractivity contribution in [1.29, 1.82) is 0 Å². The Morgan fingerprint density at radius 2 is 2.07 bits per heavy atom. The highest BCUT2D eigenvalue weighted by Gasteiger charge is 2.02. The SMILES string of the molecule is NCc1ccccc1CSc1nncs1. The lowest BCUT2D eigenvalue weighted by Crippen LogP contribution is -2.00. The van der Waals surface area contributed by atoms with E-state index in [9.17, 15) is 0 Å². The Morgan fingerprint density at radius 1 is 1.27 bits per heavy atom. The Balaban J connectivity index is 2.04. The normalized spacial score (nSPS) is 10.5.